The van der Waals surface area contributed by atoms with E-state index in [1.807, 2.05) is 24.3 Å². The van der Waals surface area contributed by atoms with Crippen LogP contribution >= 0.6 is 15.9 Å². The summed E-state index contributed by atoms with van der Waals surface area (Å²) in [6.07, 6.45) is 0. The topological polar surface area (TPSA) is 79.2 Å². The Labute approximate surface area is 93.9 Å². The van der Waals surface area contributed by atoms with E-state index in [4.69, 9.17) is 0 Å². The van der Waals surface area contributed by atoms with Crippen LogP contribution in [0.2, 0.25) is 0 Å². The van der Waals surface area contributed by atoms with Crippen LogP contribution in [0.4, 0.5) is 5.95 Å². The normalized spacial score (nSPS) is 11.0. The maximum Gasteiger partial charge on any atom is 0.307 e. The number of halogens is 1. The smallest absolute Gasteiger partial charge is 0.181 e. The van der Waals surface area contributed by atoms with Crippen LogP contribution in [-0.2, 0) is 6.54 Å². The molecule has 0 amide bonds. The lowest BCUT2D eigenvalue weighted by Crippen LogP contribution is -1.79. The summed E-state index contributed by atoms with van der Waals surface area (Å²) in [5, 5.41) is 20.7. The predicted octanol–water partition coefficient (Wildman–Crippen LogP) is 2.25. The number of nitrogens with one attached hydrogen (secondary N) is 1. The number of rotatable bonds is 3. The Kier molecular flexibility index (Phi) is 3.13. The Morgan fingerprint density at radius 3 is 3.07 bits per heavy atom. The molecule has 1 aromatic carbocycles. The second kappa shape index (κ2) is 4.74. The van der Waals surface area contributed by atoms with Crippen molar-refractivity contribution in [2.24, 2.45) is 10.2 Å². The highest BCUT2D eigenvalue weighted by Gasteiger charge is 1.94. The Balaban J connectivity index is 1.99. The molecule has 2 aromatic rings. The fourth-order valence-electron chi connectivity index (χ4n) is 1.01. The number of aromatic nitrogens is 4. The maximum atomic E-state index is 3.94. The number of hydrogen-bond donors (Lipinski definition) is 1. The molecule has 1 aromatic heterocycles. The first-order valence-corrected chi connectivity index (χ1v) is 4.99. The standard InChI is InChI=1S/C8H7BrN6/c9-7-3-1-2-6(4-7)5-10-11-8-12-14-15-13-8/h1-4H,5H2,(H,12,13,14,15). The molecular formula is C8H7BrN6. The quantitative estimate of drug-likeness (QED) is 0.866. The van der Waals surface area contributed by atoms with Crippen molar-refractivity contribution < 1.29 is 0 Å². The van der Waals surface area contributed by atoms with E-state index < -0.39 is 0 Å². The molecule has 1 heterocycles. The summed E-state index contributed by atoms with van der Waals surface area (Å²) in [6.45, 7) is 0.494. The van der Waals surface area contributed by atoms with Crippen molar-refractivity contribution in [3.8, 4) is 0 Å². The van der Waals surface area contributed by atoms with E-state index in [1.165, 1.54) is 0 Å². The fourth-order valence-corrected chi connectivity index (χ4v) is 1.46. The number of benzene rings is 1. The van der Waals surface area contributed by atoms with Crippen molar-refractivity contribution >= 4 is 21.9 Å². The van der Waals surface area contributed by atoms with Gasteiger partial charge in [0.1, 0.15) is 0 Å². The molecule has 15 heavy (non-hydrogen) atoms. The molecule has 0 aliphatic heterocycles. The van der Waals surface area contributed by atoms with Gasteiger partial charge in [0.05, 0.1) is 6.54 Å². The van der Waals surface area contributed by atoms with Crippen molar-refractivity contribution in [1.29, 1.82) is 0 Å². The van der Waals surface area contributed by atoms with E-state index >= 15 is 0 Å². The van der Waals surface area contributed by atoms with Gasteiger partial charge in [0, 0.05) is 4.47 Å². The third-order valence-electron chi connectivity index (χ3n) is 1.64. The van der Waals surface area contributed by atoms with Crippen molar-refractivity contribution in [3.05, 3.63) is 34.3 Å². The van der Waals surface area contributed by atoms with E-state index in [0.717, 1.165) is 10.0 Å². The van der Waals surface area contributed by atoms with Crippen LogP contribution < -0.4 is 0 Å². The molecule has 0 saturated heterocycles. The highest BCUT2D eigenvalue weighted by Crippen LogP contribution is 2.12. The van der Waals surface area contributed by atoms with Crippen LogP contribution in [0.3, 0.4) is 0 Å². The van der Waals surface area contributed by atoms with Crippen molar-refractivity contribution in [2.75, 3.05) is 0 Å². The van der Waals surface area contributed by atoms with Crippen LogP contribution in [0.1, 0.15) is 5.56 Å². The molecule has 0 aliphatic rings. The number of H-pyrrole nitrogens is 1. The summed E-state index contributed by atoms with van der Waals surface area (Å²) in [6, 6.07) is 7.86. The summed E-state index contributed by atoms with van der Waals surface area (Å²) in [5.74, 6) is 0.241. The van der Waals surface area contributed by atoms with Gasteiger partial charge in [0.2, 0.25) is 0 Å². The van der Waals surface area contributed by atoms with Crippen LogP contribution in [0.25, 0.3) is 0 Å². The van der Waals surface area contributed by atoms with Crippen molar-refractivity contribution in [2.45, 2.75) is 6.54 Å². The fraction of sp³-hybridized carbons (Fsp3) is 0.125. The van der Waals surface area contributed by atoms with E-state index in [0.29, 0.717) is 6.54 Å². The van der Waals surface area contributed by atoms with Gasteiger partial charge >= 0.3 is 5.95 Å². The average molecular weight is 267 g/mol. The number of azo groups is 1. The molecule has 0 fully saturated rings. The van der Waals surface area contributed by atoms with Crippen LogP contribution in [0, 0.1) is 0 Å². The lowest BCUT2D eigenvalue weighted by atomic mass is 10.2. The minimum Gasteiger partial charge on any atom is -0.181 e. The highest BCUT2D eigenvalue weighted by atomic mass is 79.9. The molecule has 0 saturated carbocycles. The lowest BCUT2D eigenvalue weighted by molar-refractivity contribution is 0.881. The van der Waals surface area contributed by atoms with Gasteiger partial charge in [0.15, 0.2) is 0 Å². The first-order valence-electron chi connectivity index (χ1n) is 4.20. The Morgan fingerprint density at radius 1 is 1.40 bits per heavy atom. The molecule has 7 heteroatoms. The van der Waals surface area contributed by atoms with E-state index in [2.05, 4.69) is 46.8 Å². The van der Waals surface area contributed by atoms with Gasteiger partial charge in [-0.05, 0) is 22.9 Å². The van der Waals surface area contributed by atoms with Crippen LogP contribution in [0.5, 0.6) is 0 Å². The Hall–Kier alpha value is -1.63. The third kappa shape index (κ3) is 2.91. The third-order valence-corrected chi connectivity index (χ3v) is 2.13. The largest absolute Gasteiger partial charge is 0.307 e. The summed E-state index contributed by atoms with van der Waals surface area (Å²) < 4.78 is 1.02. The first-order chi connectivity index (χ1) is 7.34. The SMILES string of the molecule is Brc1cccc(CN=Nc2nn[nH]n2)c1. The zero-order valence-corrected chi connectivity index (χ0v) is 9.22. The zero-order valence-electron chi connectivity index (χ0n) is 7.63. The summed E-state index contributed by atoms with van der Waals surface area (Å²) in [5.41, 5.74) is 1.07. The first kappa shape index (κ1) is 9.91. The van der Waals surface area contributed by atoms with E-state index in [1.54, 1.807) is 0 Å². The Bertz CT molecular complexity index is 452. The molecule has 0 bridgehead atoms. The monoisotopic (exact) mass is 266 g/mol. The van der Waals surface area contributed by atoms with Gasteiger partial charge in [-0.1, -0.05) is 33.2 Å². The second-order valence-electron chi connectivity index (χ2n) is 2.74. The van der Waals surface area contributed by atoms with Gasteiger partial charge in [-0.15, -0.1) is 10.2 Å². The number of aromatic amines is 1. The summed E-state index contributed by atoms with van der Waals surface area (Å²) >= 11 is 3.38. The highest BCUT2D eigenvalue weighted by molar-refractivity contribution is 9.10. The molecule has 0 spiro atoms. The lowest BCUT2D eigenvalue weighted by Gasteiger charge is -1.94. The number of hydrogen-bond acceptors (Lipinski definition) is 5. The number of tetrazole rings is 1. The summed E-state index contributed by atoms with van der Waals surface area (Å²) in [4.78, 5) is 0. The van der Waals surface area contributed by atoms with Crippen molar-refractivity contribution in [3.63, 3.8) is 0 Å². The van der Waals surface area contributed by atoms with E-state index in [-0.39, 0.29) is 5.95 Å². The minimum atomic E-state index is 0.241. The molecule has 1 N–H and O–H groups in total. The van der Waals surface area contributed by atoms with Gasteiger partial charge < -0.3 is 0 Å². The molecule has 0 radical (unpaired) electrons. The van der Waals surface area contributed by atoms with Gasteiger partial charge in [0.25, 0.3) is 0 Å². The second-order valence-corrected chi connectivity index (χ2v) is 3.66. The molecule has 76 valence electrons. The van der Waals surface area contributed by atoms with Gasteiger partial charge in [-0.25, -0.2) is 0 Å². The molecular weight excluding hydrogens is 260 g/mol. The minimum absolute atomic E-state index is 0.241. The van der Waals surface area contributed by atoms with Crippen molar-refractivity contribution in [1.82, 2.24) is 20.6 Å². The molecule has 6 nitrogen and oxygen atoms in total. The predicted molar refractivity (Wildman–Crippen MR) is 56.5 cm³/mol. The maximum absolute atomic E-state index is 3.94. The molecule has 0 aliphatic carbocycles. The van der Waals surface area contributed by atoms with Crippen LogP contribution in [-0.4, -0.2) is 20.6 Å². The van der Waals surface area contributed by atoms with Crippen LogP contribution in [0.15, 0.2) is 39.0 Å². The zero-order chi connectivity index (χ0) is 10.5. The average Bonchev–Trinajstić information content (AvgIpc) is 2.71. The number of nitrogens with zero attached hydrogens (tertiary/aromatic N) is 5. The van der Waals surface area contributed by atoms with Gasteiger partial charge in [-0.3, -0.25) is 0 Å². The van der Waals surface area contributed by atoms with Gasteiger partial charge in [-0.2, -0.15) is 10.3 Å². The molecule has 0 atom stereocenters. The van der Waals surface area contributed by atoms with E-state index in [9.17, 15) is 0 Å². The summed E-state index contributed by atoms with van der Waals surface area (Å²) in [7, 11) is 0. The molecule has 2 rings (SSSR count). The Morgan fingerprint density at radius 2 is 2.33 bits per heavy atom. The molecule has 0 unspecified atom stereocenters.